The number of nitrogens with zero attached hydrogens (tertiary/aromatic N) is 3. The molecule has 0 saturated carbocycles. The zero-order valence-electron chi connectivity index (χ0n) is 15.8. The van der Waals surface area contributed by atoms with Gasteiger partial charge in [-0.2, -0.15) is 5.10 Å². The third-order valence-corrected chi connectivity index (χ3v) is 5.10. The lowest BCUT2D eigenvalue weighted by molar-refractivity contribution is -0.114. The number of thiazole rings is 1. The number of anilines is 4. The van der Waals surface area contributed by atoms with Crippen LogP contribution in [0.3, 0.4) is 0 Å². The van der Waals surface area contributed by atoms with E-state index < -0.39 is 0 Å². The second-order valence-electron chi connectivity index (χ2n) is 6.38. The van der Waals surface area contributed by atoms with E-state index >= 15 is 0 Å². The standard InChI is InChI=1S/C20H18N6O2S/c1-12(27)22-14-4-6-15(7-5-14)23-19(28)13-3-8-16-17(11-13)29-20(24-16)25-18-9-10-21-26(18)2/h3-11H,1-2H3,(H,22,27)(H,23,28)(H,24,25). The fourth-order valence-electron chi connectivity index (χ4n) is 2.77. The molecule has 4 rings (SSSR count). The highest BCUT2D eigenvalue weighted by Crippen LogP contribution is 2.29. The zero-order valence-corrected chi connectivity index (χ0v) is 16.6. The summed E-state index contributed by atoms with van der Waals surface area (Å²) in [7, 11) is 1.85. The summed E-state index contributed by atoms with van der Waals surface area (Å²) >= 11 is 1.47. The summed E-state index contributed by atoms with van der Waals surface area (Å²) < 4.78 is 2.63. The first kappa shape index (κ1) is 18.6. The summed E-state index contributed by atoms with van der Waals surface area (Å²) in [6.45, 7) is 1.45. The molecule has 0 atom stereocenters. The molecule has 2 aromatic carbocycles. The molecule has 29 heavy (non-hydrogen) atoms. The maximum Gasteiger partial charge on any atom is 0.255 e. The predicted molar refractivity (Wildman–Crippen MR) is 115 cm³/mol. The van der Waals surface area contributed by atoms with Gasteiger partial charge in [0.2, 0.25) is 5.91 Å². The first-order valence-corrected chi connectivity index (χ1v) is 9.64. The van der Waals surface area contributed by atoms with E-state index in [0.717, 1.165) is 21.2 Å². The fourth-order valence-corrected chi connectivity index (χ4v) is 3.68. The highest BCUT2D eigenvalue weighted by molar-refractivity contribution is 7.22. The number of fused-ring (bicyclic) bond motifs is 1. The lowest BCUT2D eigenvalue weighted by Crippen LogP contribution is -2.12. The van der Waals surface area contributed by atoms with E-state index in [4.69, 9.17) is 0 Å². The lowest BCUT2D eigenvalue weighted by Gasteiger charge is -2.07. The first-order valence-electron chi connectivity index (χ1n) is 8.82. The average Bonchev–Trinajstić information content (AvgIpc) is 3.28. The third kappa shape index (κ3) is 4.25. The van der Waals surface area contributed by atoms with E-state index in [1.807, 2.05) is 25.2 Å². The molecule has 0 aliphatic heterocycles. The van der Waals surface area contributed by atoms with Crippen molar-refractivity contribution in [3.05, 3.63) is 60.3 Å². The number of rotatable bonds is 5. The maximum atomic E-state index is 12.6. The molecule has 2 heterocycles. The number of amides is 2. The number of nitrogens with one attached hydrogen (secondary N) is 3. The summed E-state index contributed by atoms with van der Waals surface area (Å²) in [5, 5.41) is 13.6. The van der Waals surface area contributed by atoms with Crippen LogP contribution in [0.4, 0.5) is 22.3 Å². The number of aromatic nitrogens is 3. The molecule has 9 heteroatoms. The number of carbonyl (C=O) groups excluding carboxylic acids is 2. The van der Waals surface area contributed by atoms with Crippen LogP contribution < -0.4 is 16.0 Å². The average molecular weight is 406 g/mol. The number of carbonyl (C=O) groups is 2. The summed E-state index contributed by atoms with van der Waals surface area (Å²) in [5.74, 6) is 0.482. The Morgan fingerprint density at radius 3 is 2.38 bits per heavy atom. The van der Waals surface area contributed by atoms with Crippen LogP contribution in [0, 0.1) is 0 Å². The van der Waals surface area contributed by atoms with Crippen molar-refractivity contribution < 1.29 is 9.59 Å². The lowest BCUT2D eigenvalue weighted by atomic mass is 10.2. The molecule has 0 bridgehead atoms. The molecule has 4 aromatic rings. The van der Waals surface area contributed by atoms with Gasteiger partial charge in [-0.3, -0.25) is 14.3 Å². The van der Waals surface area contributed by atoms with Gasteiger partial charge in [0.05, 0.1) is 16.4 Å². The van der Waals surface area contributed by atoms with Crippen LogP contribution in [-0.4, -0.2) is 26.6 Å². The minimum Gasteiger partial charge on any atom is -0.326 e. The van der Waals surface area contributed by atoms with Crippen molar-refractivity contribution in [2.75, 3.05) is 16.0 Å². The van der Waals surface area contributed by atoms with Crippen LogP contribution in [0.25, 0.3) is 10.2 Å². The van der Waals surface area contributed by atoms with Crippen molar-refractivity contribution >= 4 is 55.7 Å². The van der Waals surface area contributed by atoms with Crippen LogP contribution in [-0.2, 0) is 11.8 Å². The highest BCUT2D eigenvalue weighted by Gasteiger charge is 2.11. The molecular formula is C20H18N6O2S. The van der Waals surface area contributed by atoms with Crippen LogP contribution in [0.5, 0.6) is 0 Å². The monoisotopic (exact) mass is 406 g/mol. The van der Waals surface area contributed by atoms with Crippen LogP contribution in [0.1, 0.15) is 17.3 Å². The van der Waals surface area contributed by atoms with Crippen molar-refractivity contribution in [3.8, 4) is 0 Å². The largest absolute Gasteiger partial charge is 0.326 e. The minimum absolute atomic E-state index is 0.142. The summed E-state index contributed by atoms with van der Waals surface area (Å²) in [5.41, 5.74) is 2.68. The van der Waals surface area contributed by atoms with Gasteiger partial charge in [0, 0.05) is 37.0 Å². The van der Waals surface area contributed by atoms with E-state index in [1.54, 1.807) is 41.2 Å². The van der Waals surface area contributed by atoms with Gasteiger partial charge < -0.3 is 16.0 Å². The van der Waals surface area contributed by atoms with Gasteiger partial charge in [0.1, 0.15) is 5.82 Å². The molecule has 0 aliphatic rings. The van der Waals surface area contributed by atoms with E-state index in [1.165, 1.54) is 18.3 Å². The Labute approximate surface area is 170 Å². The summed E-state index contributed by atoms with van der Waals surface area (Å²) in [6.07, 6.45) is 1.71. The van der Waals surface area contributed by atoms with Gasteiger partial charge in [-0.1, -0.05) is 11.3 Å². The summed E-state index contributed by atoms with van der Waals surface area (Å²) in [6, 6.07) is 14.2. The van der Waals surface area contributed by atoms with Crippen LogP contribution in [0.2, 0.25) is 0 Å². The Morgan fingerprint density at radius 1 is 1.00 bits per heavy atom. The van der Waals surface area contributed by atoms with Gasteiger partial charge in [0.25, 0.3) is 5.91 Å². The molecule has 0 spiro atoms. The molecular weight excluding hydrogens is 388 g/mol. The van der Waals surface area contributed by atoms with Gasteiger partial charge in [0.15, 0.2) is 5.13 Å². The van der Waals surface area contributed by atoms with Crippen molar-refractivity contribution in [3.63, 3.8) is 0 Å². The van der Waals surface area contributed by atoms with Gasteiger partial charge in [-0.05, 0) is 42.5 Å². The Bertz CT molecular complexity index is 1200. The normalized spacial score (nSPS) is 10.7. The Balaban J connectivity index is 1.49. The Hall–Kier alpha value is -3.72. The van der Waals surface area contributed by atoms with Crippen molar-refractivity contribution in [1.82, 2.24) is 14.8 Å². The molecule has 0 radical (unpaired) electrons. The van der Waals surface area contributed by atoms with E-state index in [-0.39, 0.29) is 11.8 Å². The van der Waals surface area contributed by atoms with Crippen LogP contribution in [0.15, 0.2) is 54.7 Å². The molecule has 0 fully saturated rings. The Kier molecular flexibility index (Phi) is 4.96. The molecule has 0 unspecified atom stereocenters. The number of aryl methyl sites for hydroxylation is 1. The summed E-state index contributed by atoms with van der Waals surface area (Å²) in [4.78, 5) is 28.2. The molecule has 3 N–H and O–H groups in total. The van der Waals surface area contributed by atoms with Crippen molar-refractivity contribution in [2.45, 2.75) is 6.92 Å². The van der Waals surface area contributed by atoms with Gasteiger partial charge >= 0.3 is 0 Å². The van der Waals surface area contributed by atoms with E-state index in [9.17, 15) is 9.59 Å². The third-order valence-electron chi connectivity index (χ3n) is 4.17. The van der Waals surface area contributed by atoms with Gasteiger partial charge in [-0.15, -0.1) is 0 Å². The van der Waals surface area contributed by atoms with Crippen LogP contribution >= 0.6 is 11.3 Å². The zero-order chi connectivity index (χ0) is 20.4. The minimum atomic E-state index is -0.214. The SMILES string of the molecule is CC(=O)Nc1ccc(NC(=O)c2ccc3nc(Nc4ccnn4C)sc3c2)cc1. The fraction of sp³-hybridized carbons (Fsp3) is 0.100. The van der Waals surface area contributed by atoms with E-state index in [2.05, 4.69) is 26.0 Å². The van der Waals surface area contributed by atoms with E-state index in [0.29, 0.717) is 16.9 Å². The molecule has 2 amide bonds. The topological polar surface area (TPSA) is 101 Å². The molecule has 0 saturated heterocycles. The molecule has 0 aliphatic carbocycles. The molecule has 146 valence electrons. The highest BCUT2D eigenvalue weighted by atomic mass is 32.1. The van der Waals surface area contributed by atoms with Crippen molar-refractivity contribution in [1.29, 1.82) is 0 Å². The Morgan fingerprint density at radius 2 is 1.72 bits per heavy atom. The second kappa shape index (κ2) is 7.72. The van der Waals surface area contributed by atoms with Gasteiger partial charge in [-0.25, -0.2) is 4.98 Å². The number of hydrogen-bond donors (Lipinski definition) is 3. The first-order chi connectivity index (χ1) is 14.0. The molecule has 8 nitrogen and oxygen atoms in total. The maximum absolute atomic E-state index is 12.6. The van der Waals surface area contributed by atoms with Crippen molar-refractivity contribution in [2.24, 2.45) is 7.05 Å². The molecule has 2 aromatic heterocycles. The number of hydrogen-bond acceptors (Lipinski definition) is 6. The number of benzene rings is 2. The predicted octanol–water partition coefficient (Wildman–Crippen LogP) is 3.98. The quantitative estimate of drug-likeness (QED) is 0.465. The second-order valence-corrected chi connectivity index (χ2v) is 7.41. The smallest absolute Gasteiger partial charge is 0.255 e.